The zero-order chi connectivity index (χ0) is 22.7. The molecule has 0 aromatic rings. The number of hydrogen-bond donors (Lipinski definition) is 1. The number of likely N-dealkylation sites (tertiary alicyclic amines) is 1. The van der Waals surface area contributed by atoms with Gasteiger partial charge in [-0.1, -0.05) is 31.2 Å². The first kappa shape index (κ1) is 22.4. The van der Waals surface area contributed by atoms with E-state index in [1.807, 2.05) is 45.9 Å². The van der Waals surface area contributed by atoms with Gasteiger partial charge in [-0.05, 0) is 27.2 Å². The van der Waals surface area contributed by atoms with Gasteiger partial charge in [-0.15, -0.1) is 11.8 Å². The summed E-state index contributed by atoms with van der Waals surface area (Å²) in [6.45, 7) is 8.66. The molecule has 4 aliphatic heterocycles. The molecule has 4 heterocycles. The standard InChI is InChI=1S/C23H33N3O4S/c1-6-15(13-27)26-18-21(30)25(14(2)3)12-8-10-23(18)17(20(26)29)16-19(28)24(5)11-7-9-22(16,4)31-23/h7-10,14-18,27H,6,11-13H2,1-5H3/t15-,16+,17-,18?,22-,23-/m0/s1. The molecule has 3 amide bonds. The fourth-order valence-electron chi connectivity index (χ4n) is 5.87. The first-order valence-corrected chi connectivity index (χ1v) is 12.0. The van der Waals surface area contributed by atoms with E-state index in [1.54, 1.807) is 33.5 Å². The Morgan fingerprint density at radius 1 is 1.10 bits per heavy atom. The lowest BCUT2D eigenvalue weighted by molar-refractivity contribution is -0.147. The normalized spacial score (nSPS) is 38.4. The average molecular weight is 448 g/mol. The summed E-state index contributed by atoms with van der Waals surface area (Å²) in [7, 11) is 1.76. The molecule has 2 saturated heterocycles. The van der Waals surface area contributed by atoms with Crippen molar-refractivity contribution in [3.63, 3.8) is 0 Å². The fraction of sp³-hybridized carbons (Fsp3) is 0.696. The largest absolute Gasteiger partial charge is 0.394 e. The quantitative estimate of drug-likeness (QED) is 0.657. The average Bonchev–Trinajstić information content (AvgIpc) is 2.99. The first-order valence-electron chi connectivity index (χ1n) is 11.2. The van der Waals surface area contributed by atoms with Crippen LogP contribution in [0.3, 0.4) is 0 Å². The Kier molecular flexibility index (Phi) is 5.53. The van der Waals surface area contributed by atoms with Gasteiger partial charge in [0.05, 0.1) is 29.2 Å². The van der Waals surface area contributed by atoms with Crippen LogP contribution in [-0.2, 0) is 14.4 Å². The number of likely N-dealkylation sites (N-methyl/N-ethyl adjacent to an activating group) is 1. The van der Waals surface area contributed by atoms with Crippen LogP contribution < -0.4 is 0 Å². The molecular formula is C23H33N3O4S. The Labute approximate surface area is 188 Å². The van der Waals surface area contributed by atoms with Crippen molar-refractivity contribution in [3.8, 4) is 0 Å². The summed E-state index contributed by atoms with van der Waals surface area (Å²) in [6, 6.07) is -1.20. The van der Waals surface area contributed by atoms with Crippen molar-refractivity contribution in [1.82, 2.24) is 14.7 Å². The number of thioether (sulfide) groups is 1. The minimum atomic E-state index is -0.835. The van der Waals surface area contributed by atoms with Gasteiger partial charge in [0, 0.05) is 30.9 Å². The third-order valence-electron chi connectivity index (χ3n) is 7.43. The third kappa shape index (κ3) is 3.01. The minimum Gasteiger partial charge on any atom is -0.394 e. The Morgan fingerprint density at radius 3 is 2.39 bits per heavy atom. The first-order chi connectivity index (χ1) is 14.6. The topological polar surface area (TPSA) is 81.2 Å². The number of fused-ring (bicyclic) bond motifs is 2. The van der Waals surface area contributed by atoms with Crippen molar-refractivity contribution in [1.29, 1.82) is 0 Å². The van der Waals surface area contributed by atoms with E-state index >= 15 is 0 Å². The molecule has 170 valence electrons. The predicted molar refractivity (Wildman–Crippen MR) is 120 cm³/mol. The van der Waals surface area contributed by atoms with Crippen LogP contribution >= 0.6 is 11.8 Å². The number of aliphatic hydroxyl groups excluding tert-OH is 1. The van der Waals surface area contributed by atoms with E-state index in [4.69, 9.17) is 0 Å². The highest BCUT2D eigenvalue weighted by Crippen LogP contribution is 2.65. The molecule has 31 heavy (non-hydrogen) atoms. The van der Waals surface area contributed by atoms with E-state index in [-0.39, 0.29) is 30.4 Å². The molecule has 0 aromatic carbocycles. The van der Waals surface area contributed by atoms with Gasteiger partial charge in [0.1, 0.15) is 6.04 Å². The summed E-state index contributed by atoms with van der Waals surface area (Å²) < 4.78 is -1.41. The molecule has 0 bridgehead atoms. The van der Waals surface area contributed by atoms with Crippen LogP contribution in [0.4, 0.5) is 0 Å². The molecule has 1 unspecified atom stereocenters. The number of aliphatic hydroxyl groups is 1. The molecule has 0 aromatic heterocycles. The van der Waals surface area contributed by atoms with Crippen LogP contribution in [0.5, 0.6) is 0 Å². The van der Waals surface area contributed by atoms with E-state index in [1.165, 1.54) is 0 Å². The van der Waals surface area contributed by atoms with Gasteiger partial charge < -0.3 is 19.8 Å². The fourth-order valence-corrected chi connectivity index (χ4v) is 8.02. The maximum absolute atomic E-state index is 14.0. The number of nitrogens with zero attached hydrogens (tertiary/aromatic N) is 3. The zero-order valence-electron chi connectivity index (χ0n) is 18.9. The molecule has 1 spiro atoms. The van der Waals surface area contributed by atoms with Crippen LogP contribution in [0, 0.1) is 11.8 Å². The highest BCUT2D eigenvalue weighted by Gasteiger charge is 2.74. The summed E-state index contributed by atoms with van der Waals surface area (Å²) in [6.07, 6.45) is 8.60. The molecule has 6 atom stereocenters. The maximum Gasteiger partial charge on any atom is 0.247 e. The molecule has 2 fully saturated rings. The number of carbonyl (C=O) groups excluding carboxylic acids is 3. The van der Waals surface area contributed by atoms with Crippen molar-refractivity contribution >= 4 is 29.5 Å². The highest BCUT2D eigenvalue weighted by atomic mass is 32.2. The van der Waals surface area contributed by atoms with E-state index in [2.05, 4.69) is 6.08 Å². The molecule has 0 saturated carbocycles. The Hall–Kier alpha value is -1.80. The number of carbonyl (C=O) groups is 3. The molecule has 8 heteroatoms. The minimum absolute atomic E-state index is 0.0161. The van der Waals surface area contributed by atoms with E-state index in [0.29, 0.717) is 19.5 Å². The summed E-state index contributed by atoms with van der Waals surface area (Å²) in [5.74, 6) is -1.54. The molecule has 4 aliphatic rings. The second-order valence-electron chi connectivity index (χ2n) is 9.60. The maximum atomic E-state index is 14.0. The molecule has 0 radical (unpaired) electrons. The summed E-state index contributed by atoms with van der Waals surface area (Å²) >= 11 is 1.58. The lowest BCUT2D eigenvalue weighted by Crippen LogP contribution is -2.57. The van der Waals surface area contributed by atoms with E-state index in [0.717, 1.165) is 0 Å². The molecule has 4 rings (SSSR count). The Balaban J connectivity index is 1.93. The number of rotatable bonds is 4. The zero-order valence-corrected chi connectivity index (χ0v) is 19.8. The smallest absolute Gasteiger partial charge is 0.247 e. The Bertz CT molecular complexity index is 854. The van der Waals surface area contributed by atoms with Gasteiger partial charge in [-0.2, -0.15) is 0 Å². The predicted octanol–water partition coefficient (Wildman–Crippen LogP) is 1.28. The monoisotopic (exact) mass is 447 g/mol. The van der Waals surface area contributed by atoms with Gasteiger partial charge in [0.15, 0.2) is 0 Å². The van der Waals surface area contributed by atoms with Crippen molar-refractivity contribution in [2.75, 3.05) is 26.7 Å². The summed E-state index contributed by atoms with van der Waals surface area (Å²) in [5.41, 5.74) is 0. The molecular weight excluding hydrogens is 414 g/mol. The van der Waals surface area contributed by atoms with Gasteiger partial charge in [0.25, 0.3) is 0 Å². The Morgan fingerprint density at radius 2 is 1.77 bits per heavy atom. The third-order valence-corrected chi connectivity index (χ3v) is 9.22. The van der Waals surface area contributed by atoms with Crippen LogP contribution in [0.15, 0.2) is 24.3 Å². The molecule has 1 N–H and O–H groups in total. The van der Waals surface area contributed by atoms with Gasteiger partial charge >= 0.3 is 0 Å². The number of hydrogen-bond acceptors (Lipinski definition) is 5. The lowest BCUT2D eigenvalue weighted by Gasteiger charge is -2.40. The van der Waals surface area contributed by atoms with Crippen LogP contribution in [0.1, 0.15) is 34.1 Å². The van der Waals surface area contributed by atoms with E-state index < -0.39 is 33.4 Å². The summed E-state index contributed by atoms with van der Waals surface area (Å²) in [4.78, 5) is 46.5. The second-order valence-corrected chi connectivity index (χ2v) is 11.4. The van der Waals surface area contributed by atoms with Gasteiger partial charge in [-0.3, -0.25) is 14.4 Å². The van der Waals surface area contributed by atoms with Crippen molar-refractivity contribution in [2.45, 2.75) is 61.7 Å². The number of amides is 3. The van der Waals surface area contributed by atoms with Crippen molar-refractivity contribution in [2.24, 2.45) is 11.8 Å². The van der Waals surface area contributed by atoms with Crippen LogP contribution in [0.25, 0.3) is 0 Å². The highest BCUT2D eigenvalue weighted by molar-refractivity contribution is 8.02. The second kappa shape index (κ2) is 7.66. The van der Waals surface area contributed by atoms with Crippen molar-refractivity contribution < 1.29 is 19.5 Å². The SMILES string of the molecule is CC[C@@H](CO)N1C(=O)[C@@H]2[C@@H]3C(=O)N(C)CC=C[C@]3(C)S[C@@]23C=CCN(C(C)C)C(=O)C13. The van der Waals surface area contributed by atoms with Gasteiger partial charge in [-0.25, -0.2) is 0 Å². The lowest BCUT2D eigenvalue weighted by atomic mass is 9.74. The van der Waals surface area contributed by atoms with Crippen molar-refractivity contribution in [3.05, 3.63) is 24.3 Å². The van der Waals surface area contributed by atoms with Crippen LogP contribution in [0.2, 0.25) is 0 Å². The van der Waals surface area contributed by atoms with E-state index in [9.17, 15) is 19.5 Å². The molecule has 7 nitrogen and oxygen atoms in total. The van der Waals surface area contributed by atoms with Gasteiger partial charge in [0.2, 0.25) is 17.7 Å². The molecule has 0 aliphatic carbocycles. The van der Waals surface area contributed by atoms with Crippen LogP contribution in [-0.4, -0.2) is 91.9 Å². The summed E-state index contributed by atoms with van der Waals surface area (Å²) in [5, 5.41) is 10.1.